The van der Waals surface area contributed by atoms with Crippen LogP contribution in [0, 0.1) is 5.92 Å². The Kier molecular flexibility index (Phi) is 4.75. The van der Waals surface area contributed by atoms with Crippen LogP contribution in [0.5, 0.6) is 5.75 Å². The third-order valence-electron chi connectivity index (χ3n) is 4.23. The predicted octanol–water partition coefficient (Wildman–Crippen LogP) is 2.70. The Bertz CT molecular complexity index is 699. The maximum Gasteiger partial charge on any atom is 0.393 e. The number of aryl methyl sites for hydroxylation is 1. The van der Waals surface area contributed by atoms with Gasteiger partial charge in [0.15, 0.2) is 0 Å². The van der Waals surface area contributed by atoms with E-state index in [1.807, 2.05) is 24.3 Å². The molecular formula is C16H19F3N4O. The predicted molar refractivity (Wildman–Crippen MR) is 81.4 cm³/mol. The van der Waals surface area contributed by atoms with Crippen LogP contribution in [-0.2, 0) is 26.1 Å². The van der Waals surface area contributed by atoms with Crippen LogP contribution in [0.2, 0.25) is 0 Å². The lowest BCUT2D eigenvalue weighted by Crippen LogP contribution is -2.33. The van der Waals surface area contributed by atoms with Crippen molar-refractivity contribution < 1.29 is 17.9 Å². The zero-order valence-electron chi connectivity index (χ0n) is 13.3. The van der Waals surface area contributed by atoms with Crippen molar-refractivity contribution in [2.45, 2.75) is 38.7 Å². The first-order valence-corrected chi connectivity index (χ1v) is 7.78. The second-order valence-corrected chi connectivity index (χ2v) is 5.88. The molecule has 0 saturated carbocycles. The van der Waals surface area contributed by atoms with Gasteiger partial charge < -0.3 is 14.6 Å². The molecule has 130 valence electrons. The maximum atomic E-state index is 12.9. The van der Waals surface area contributed by atoms with Crippen molar-refractivity contribution in [1.29, 1.82) is 0 Å². The average Bonchev–Trinajstić information content (AvgIpc) is 2.97. The van der Waals surface area contributed by atoms with Gasteiger partial charge in [-0.2, -0.15) is 13.2 Å². The van der Waals surface area contributed by atoms with Gasteiger partial charge in [-0.3, -0.25) is 0 Å². The largest absolute Gasteiger partial charge is 0.497 e. The number of alkyl halides is 3. The molecule has 0 radical (unpaired) electrons. The summed E-state index contributed by atoms with van der Waals surface area (Å²) < 4.78 is 45.6. The number of nitrogens with zero attached hydrogens (tertiary/aromatic N) is 3. The molecule has 0 unspecified atom stereocenters. The standard InChI is InChI=1S/C16H19F3N4O/c1-24-13-4-2-3-11(7-13)8-20-9-15-22-21-14-6-5-12(10-23(14)15)16(17,18)19/h2-4,7,12,20H,5-6,8-10H2,1H3/t12-/m0/s1. The zero-order valence-corrected chi connectivity index (χ0v) is 13.3. The number of methoxy groups -OCH3 is 1. The maximum absolute atomic E-state index is 12.9. The highest BCUT2D eigenvalue weighted by Crippen LogP contribution is 2.34. The van der Waals surface area contributed by atoms with Crippen molar-refractivity contribution >= 4 is 0 Å². The smallest absolute Gasteiger partial charge is 0.393 e. The molecule has 1 aromatic heterocycles. The first-order valence-electron chi connectivity index (χ1n) is 7.78. The number of halogens is 3. The minimum atomic E-state index is -4.17. The Morgan fingerprint density at radius 1 is 1.29 bits per heavy atom. The summed E-state index contributed by atoms with van der Waals surface area (Å²) in [6.45, 7) is 0.846. The number of rotatable bonds is 5. The number of ether oxygens (including phenoxy) is 1. The van der Waals surface area contributed by atoms with E-state index in [4.69, 9.17) is 4.74 Å². The lowest BCUT2D eigenvalue weighted by molar-refractivity contribution is -0.182. The average molecular weight is 340 g/mol. The minimum absolute atomic E-state index is 0.0822. The molecule has 24 heavy (non-hydrogen) atoms. The molecule has 3 rings (SSSR count). The summed E-state index contributed by atoms with van der Waals surface area (Å²) in [6.07, 6.45) is -3.78. The topological polar surface area (TPSA) is 52.0 Å². The molecule has 0 spiro atoms. The number of aromatic nitrogens is 3. The van der Waals surface area contributed by atoms with Crippen molar-refractivity contribution in [3.05, 3.63) is 41.5 Å². The Morgan fingerprint density at radius 2 is 2.12 bits per heavy atom. The van der Waals surface area contributed by atoms with E-state index in [1.165, 1.54) is 0 Å². The van der Waals surface area contributed by atoms with Gasteiger partial charge >= 0.3 is 6.18 Å². The molecule has 1 aliphatic rings. The molecule has 1 aromatic carbocycles. The summed E-state index contributed by atoms with van der Waals surface area (Å²) >= 11 is 0. The minimum Gasteiger partial charge on any atom is -0.497 e. The molecule has 2 heterocycles. The van der Waals surface area contributed by atoms with Crippen LogP contribution in [-0.4, -0.2) is 28.1 Å². The summed E-state index contributed by atoms with van der Waals surface area (Å²) in [5, 5.41) is 11.2. The van der Waals surface area contributed by atoms with Crippen LogP contribution in [0.1, 0.15) is 23.6 Å². The quantitative estimate of drug-likeness (QED) is 0.909. The third kappa shape index (κ3) is 3.69. The first-order chi connectivity index (χ1) is 11.5. The highest BCUT2D eigenvalue weighted by molar-refractivity contribution is 5.28. The van der Waals surface area contributed by atoms with Crippen LogP contribution in [0.3, 0.4) is 0 Å². The molecular weight excluding hydrogens is 321 g/mol. The monoisotopic (exact) mass is 340 g/mol. The molecule has 2 aromatic rings. The molecule has 8 heteroatoms. The van der Waals surface area contributed by atoms with E-state index in [0.717, 1.165) is 11.3 Å². The Labute approximate surface area is 137 Å². The van der Waals surface area contributed by atoms with E-state index in [-0.39, 0.29) is 13.0 Å². The van der Waals surface area contributed by atoms with Crippen molar-refractivity contribution in [1.82, 2.24) is 20.1 Å². The first kappa shape index (κ1) is 16.8. The number of benzene rings is 1. The van der Waals surface area contributed by atoms with Gasteiger partial charge in [0.05, 0.1) is 19.6 Å². The molecule has 1 aliphatic heterocycles. The van der Waals surface area contributed by atoms with Gasteiger partial charge in [-0.05, 0) is 24.1 Å². The summed E-state index contributed by atoms with van der Waals surface area (Å²) in [5.41, 5.74) is 1.03. The van der Waals surface area contributed by atoms with Crippen molar-refractivity contribution in [3.63, 3.8) is 0 Å². The van der Waals surface area contributed by atoms with E-state index in [1.54, 1.807) is 11.7 Å². The molecule has 0 bridgehead atoms. The summed E-state index contributed by atoms with van der Waals surface area (Å²) in [7, 11) is 1.60. The Hall–Kier alpha value is -2.09. The van der Waals surface area contributed by atoms with Crippen molar-refractivity contribution in [2.24, 2.45) is 5.92 Å². The lowest BCUT2D eigenvalue weighted by Gasteiger charge is -2.26. The van der Waals surface area contributed by atoms with E-state index in [2.05, 4.69) is 15.5 Å². The highest BCUT2D eigenvalue weighted by Gasteiger charge is 2.42. The normalized spacial score (nSPS) is 17.6. The van der Waals surface area contributed by atoms with E-state index in [9.17, 15) is 13.2 Å². The Balaban J connectivity index is 1.62. The Morgan fingerprint density at radius 3 is 2.88 bits per heavy atom. The number of fused-ring (bicyclic) bond motifs is 1. The summed E-state index contributed by atoms with van der Waals surface area (Å²) in [5.74, 6) is 0.621. The van der Waals surface area contributed by atoms with Gasteiger partial charge in [0.25, 0.3) is 0 Å². The fourth-order valence-corrected chi connectivity index (χ4v) is 2.88. The number of hydrogen-bond acceptors (Lipinski definition) is 4. The second kappa shape index (κ2) is 6.80. The summed E-state index contributed by atoms with van der Waals surface area (Å²) in [6, 6.07) is 7.61. The molecule has 0 saturated heterocycles. The van der Waals surface area contributed by atoms with Gasteiger partial charge in [-0.15, -0.1) is 10.2 Å². The van der Waals surface area contributed by atoms with Gasteiger partial charge in [0.2, 0.25) is 0 Å². The van der Waals surface area contributed by atoms with E-state index in [0.29, 0.717) is 31.2 Å². The van der Waals surface area contributed by atoms with Gasteiger partial charge in [-0.1, -0.05) is 12.1 Å². The number of hydrogen-bond donors (Lipinski definition) is 1. The van der Waals surface area contributed by atoms with Gasteiger partial charge in [0, 0.05) is 19.5 Å². The van der Waals surface area contributed by atoms with Crippen LogP contribution in [0.15, 0.2) is 24.3 Å². The lowest BCUT2D eigenvalue weighted by atomic mass is 9.99. The molecule has 0 fully saturated rings. The fourth-order valence-electron chi connectivity index (χ4n) is 2.88. The molecule has 1 atom stereocenters. The number of nitrogens with one attached hydrogen (secondary N) is 1. The van der Waals surface area contributed by atoms with Crippen LogP contribution in [0.25, 0.3) is 0 Å². The van der Waals surface area contributed by atoms with E-state index < -0.39 is 12.1 Å². The third-order valence-corrected chi connectivity index (χ3v) is 4.23. The molecule has 5 nitrogen and oxygen atoms in total. The SMILES string of the molecule is COc1cccc(CNCc2nnc3n2C[C@@H](C(F)(F)F)CC3)c1. The van der Waals surface area contributed by atoms with E-state index >= 15 is 0 Å². The highest BCUT2D eigenvalue weighted by atomic mass is 19.4. The van der Waals surface area contributed by atoms with Gasteiger partial charge in [-0.25, -0.2) is 0 Å². The molecule has 0 amide bonds. The van der Waals surface area contributed by atoms with Crippen LogP contribution < -0.4 is 10.1 Å². The fraction of sp³-hybridized carbons (Fsp3) is 0.500. The van der Waals surface area contributed by atoms with Crippen molar-refractivity contribution in [3.8, 4) is 5.75 Å². The second-order valence-electron chi connectivity index (χ2n) is 5.88. The van der Waals surface area contributed by atoms with Gasteiger partial charge in [0.1, 0.15) is 17.4 Å². The molecule has 1 N–H and O–H groups in total. The van der Waals surface area contributed by atoms with Crippen molar-refractivity contribution in [2.75, 3.05) is 7.11 Å². The van der Waals surface area contributed by atoms with Crippen LogP contribution >= 0.6 is 0 Å². The van der Waals surface area contributed by atoms with Crippen LogP contribution in [0.4, 0.5) is 13.2 Å². The molecule has 0 aliphatic carbocycles. The zero-order chi connectivity index (χ0) is 17.2. The summed E-state index contributed by atoms with van der Waals surface area (Å²) in [4.78, 5) is 0.